The number of aromatic nitrogens is 8. The Balaban J connectivity index is 1.21. The summed E-state index contributed by atoms with van der Waals surface area (Å²) in [6.07, 6.45) is 1.02. The highest BCUT2D eigenvalue weighted by molar-refractivity contribution is 8.07. The number of fused-ring (bicyclic) bond motifs is 4. The minimum absolute atomic E-state index is 0.0425. The molecule has 2 aliphatic heterocycles. The molecule has 4 aliphatic rings. The molecule has 4 aromatic rings. The summed E-state index contributed by atoms with van der Waals surface area (Å²) in [5.74, 6) is -0.519. The molecule has 1 saturated carbocycles. The van der Waals surface area contributed by atoms with Gasteiger partial charge >= 0.3 is 14.5 Å². The van der Waals surface area contributed by atoms with E-state index in [0.29, 0.717) is 17.6 Å². The van der Waals surface area contributed by atoms with Gasteiger partial charge in [-0.1, -0.05) is 12.2 Å². The minimum atomic E-state index is -4.53. The molecule has 21 nitrogen and oxygen atoms in total. The number of rotatable bonds is 5. The summed E-state index contributed by atoms with van der Waals surface area (Å²) >= 11 is 5.51. The normalized spacial score (nSPS) is 38.4. The number of allylic oxidation sites excluding steroid dienone is 1. The summed E-state index contributed by atoms with van der Waals surface area (Å²) in [5.41, 5.74) is 10.7. The molecule has 0 aromatic carbocycles. The standard InChI is InChI=1S/C27H34N10O11P2S/c1-3-43-49(40)45-8-27-6-4-5-12(27)16(36-10-32-14-21(28)30-9-31-22(14)36)17(38)20(27)48-50(41,51)44-7-13-18(42-2)19(47-49)25(46-13)37-11-33-15-23(37)34-26(29)35-24(15)39/h4,6,9-13,16-20,25,38H,3,5,7-8H2,1-2H3,(H,41,51)(H2,28,30,31)(H3,29,34,35,39)/t12-,13-,16-,17+,18-,19-,20+,25-,27+,49+,50?/m1/s1. The number of nitrogens with one attached hydrogen (secondary N) is 1. The highest BCUT2D eigenvalue weighted by Crippen LogP contribution is 2.64. The number of hydrogen-bond donors (Lipinski definition) is 5. The van der Waals surface area contributed by atoms with Gasteiger partial charge in [0.15, 0.2) is 28.9 Å². The molecule has 24 heteroatoms. The number of nitrogen functional groups attached to an aromatic ring is 2. The van der Waals surface area contributed by atoms with Crippen molar-refractivity contribution in [1.29, 1.82) is 0 Å². The predicted octanol–water partition coefficient (Wildman–Crippen LogP) is 0.693. The first-order valence-corrected chi connectivity index (χ1v) is 19.9. The molecule has 2 bridgehead atoms. The van der Waals surface area contributed by atoms with Crippen molar-refractivity contribution < 1.29 is 46.7 Å². The second kappa shape index (κ2) is 12.7. The summed E-state index contributed by atoms with van der Waals surface area (Å²) in [4.78, 5) is 47.6. The van der Waals surface area contributed by atoms with E-state index in [-0.39, 0.29) is 36.1 Å². The number of imidazole rings is 2. The SMILES string of the molecule is CCO[P@@]1(=O)OC[C@@]23C=CC[C@@H]2[C@@H](n2cnc4c(N)ncnc42)[C@H](O)[C@@H]3OP(O)(=S)OC[C@H]2O[C@@H](n3cnc4c(=O)[nH]c(N)nc43)[C@H](O1)[C@@H]2OC. The second-order valence-corrected chi connectivity index (χ2v) is 16.9. The zero-order chi connectivity index (χ0) is 35.9. The Morgan fingerprint density at radius 3 is 2.71 bits per heavy atom. The Morgan fingerprint density at radius 1 is 1.14 bits per heavy atom. The quantitative estimate of drug-likeness (QED) is 0.138. The Labute approximate surface area is 293 Å². The third-order valence-electron chi connectivity index (χ3n) is 9.76. The van der Waals surface area contributed by atoms with Gasteiger partial charge in [-0.05, 0) is 31.1 Å². The van der Waals surface area contributed by atoms with Crippen LogP contribution in [0, 0.1) is 11.3 Å². The maximum absolute atomic E-state index is 14.6. The largest absolute Gasteiger partial charge is 0.475 e. The molecule has 7 N–H and O–H groups in total. The molecule has 274 valence electrons. The molecule has 11 atom stereocenters. The van der Waals surface area contributed by atoms with Crippen molar-refractivity contribution in [3.8, 4) is 0 Å². The highest BCUT2D eigenvalue weighted by atomic mass is 32.5. The molecule has 2 aliphatic carbocycles. The van der Waals surface area contributed by atoms with Gasteiger partial charge in [-0.25, -0.2) is 24.5 Å². The predicted molar refractivity (Wildman–Crippen MR) is 179 cm³/mol. The third-order valence-corrected chi connectivity index (χ3v) is 12.8. The molecular weight excluding hydrogens is 734 g/mol. The lowest BCUT2D eigenvalue weighted by molar-refractivity contribution is -0.0654. The highest BCUT2D eigenvalue weighted by Gasteiger charge is 2.64. The van der Waals surface area contributed by atoms with Crippen molar-refractivity contribution >= 4 is 60.4 Å². The van der Waals surface area contributed by atoms with Crippen LogP contribution in [0.25, 0.3) is 22.3 Å². The Hall–Kier alpha value is -3.24. The number of methoxy groups -OCH3 is 1. The van der Waals surface area contributed by atoms with Crippen LogP contribution in [0.3, 0.4) is 0 Å². The Morgan fingerprint density at radius 2 is 1.92 bits per heavy atom. The zero-order valence-electron chi connectivity index (χ0n) is 27.0. The van der Waals surface area contributed by atoms with Crippen LogP contribution in [0.1, 0.15) is 25.6 Å². The van der Waals surface area contributed by atoms with Gasteiger partial charge in [-0.15, -0.1) is 0 Å². The number of ether oxygens (including phenoxy) is 2. The lowest BCUT2D eigenvalue weighted by Crippen LogP contribution is -2.41. The van der Waals surface area contributed by atoms with Gasteiger partial charge in [0.25, 0.3) is 5.56 Å². The Kier molecular flexibility index (Phi) is 8.68. The van der Waals surface area contributed by atoms with Crippen molar-refractivity contribution in [3.63, 3.8) is 0 Å². The van der Waals surface area contributed by atoms with Gasteiger partial charge in [0.2, 0.25) is 5.95 Å². The summed E-state index contributed by atoms with van der Waals surface area (Å²) < 4.78 is 59.9. The van der Waals surface area contributed by atoms with Gasteiger partial charge < -0.3 is 44.6 Å². The van der Waals surface area contributed by atoms with E-state index in [9.17, 15) is 19.4 Å². The molecule has 51 heavy (non-hydrogen) atoms. The fourth-order valence-corrected chi connectivity index (χ4v) is 10.5. The van der Waals surface area contributed by atoms with E-state index in [1.807, 2.05) is 6.08 Å². The van der Waals surface area contributed by atoms with Crippen molar-refractivity contribution in [2.24, 2.45) is 11.3 Å². The van der Waals surface area contributed by atoms with E-state index in [0.717, 1.165) is 0 Å². The minimum Gasteiger partial charge on any atom is -0.388 e. The molecule has 0 radical (unpaired) electrons. The van der Waals surface area contributed by atoms with E-state index < -0.39 is 80.8 Å². The fourth-order valence-electron chi connectivity index (χ4n) is 7.65. The average Bonchev–Trinajstić information content (AvgIpc) is 3.89. The van der Waals surface area contributed by atoms with E-state index in [4.69, 9.17) is 55.4 Å². The number of aromatic amines is 1. The molecule has 6 heterocycles. The van der Waals surface area contributed by atoms with Crippen LogP contribution in [0.4, 0.5) is 11.8 Å². The third kappa shape index (κ3) is 5.65. The van der Waals surface area contributed by atoms with Gasteiger partial charge in [0, 0.05) is 12.5 Å². The molecule has 0 amide bonds. The maximum atomic E-state index is 14.6. The van der Waals surface area contributed by atoms with Crippen LogP contribution in [-0.2, 0) is 48.5 Å². The number of nitrogens with zero attached hydrogens (tertiary/aromatic N) is 7. The number of nitrogens with two attached hydrogens (primary N) is 2. The zero-order valence-corrected chi connectivity index (χ0v) is 29.6. The lowest BCUT2D eigenvalue weighted by Gasteiger charge is -2.36. The van der Waals surface area contributed by atoms with E-state index >= 15 is 0 Å². The fraction of sp³-hybridized carbons (Fsp3) is 0.556. The van der Waals surface area contributed by atoms with Crippen LogP contribution in [0.15, 0.2) is 35.9 Å². The number of phosphoric acid groups is 1. The van der Waals surface area contributed by atoms with Crippen LogP contribution in [0.5, 0.6) is 0 Å². The maximum Gasteiger partial charge on any atom is 0.475 e. The van der Waals surface area contributed by atoms with Crippen LogP contribution < -0.4 is 17.0 Å². The number of hydrogen-bond acceptors (Lipinski definition) is 18. The monoisotopic (exact) mass is 768 g/mol. The second-order valence-electron chi connectivity index (χ2n) is 12.5. The number of aliphatic hydroxyl groups excluding tert-OH is 1. The summed E-state index contributed by atoms with van der Waals surface area (Å²) in [6.45, 7) is -3.43. The molecule has 2 saturated heterocycles. The summed E-state index contributed by atoms with van der Waals surface area (Å²) in [7, 11) is -3.16. The molecule has 3 fully saturated rings. The summed E-state index contributed by atoms with van der Waals surface area (Å²) in [5, 5.41) is 12.0. The first-order chi connectivity index (χ1) is 24.4. The Bertz CT molecular complexity index is 2180. The van der Waals surface area contributed by atoms with Gasteiger partial charge in [0.1, 0.15) is 42.4 Å². The molecule has 4 aromatic heterocycles. The van der Waals surface area contributed by atoms with Crippen LogP contribution in [0.2, 0.25) is 0 Å². The average molecular weight is 769 g/mol. The molecular formula is C27H34N10O11P2S. The topological polar surface area (TPSA) is 281 Å². The van der Waals surface area contributed by atoms with Crippen molar-refractivity contribution in [2.75, 3.05) is 38.4 Å². The number of aliphatic hydroxyl groups is 1. The van der Waals surface area contributed by atoms with Gasteiger partial charge in [0.05, 0.1) is 38.5 Å². The van der Waals surface area contributed by atoms with E-state index in [2.05, 4.69) is 29.9 Å². The van der Waals surface area contributed by atoms with Crippen molar-refractivity contribution in [1.82, 2.24) is 39.0 Å². The van der Waals surface area contributed by atoms with Crippen LogP contribution in [-0.4, -0.2) is 106 Å². The first-order valence-electron chi connectivity index (χ1n) is 15.8. The van der Waals surface area contributed by atoms with Crippen LogP contribution >= 0.6 is 14.5 Å². The van der Waals surface area contributed by atoms with E-state index in [1.54, 1.807) is 17.6 Å². The lowest BCUT2D eigenvalue weighted by atomic mass is 9.79. The molecule has 1 spiro atoms. The molecule has 1 unspecified atom stereocenters. The number of H-pyrrole nitrogens is 1. The number of anilines is 2. The molecule has 8 rings (SSSR count). The van der Waals surface area contributed by atoms with Crippen molar-refractivity contribution in [2.45, 2.75) is 56.1 Å². The first kappa shape index (κ1) is 34.8. The van der Waals surface area contributed by atoms with Gasteiger partial charge in [-0.3, -0.25) is 27.9 Å². The van der Waals surface area contributed by atoms with E-state index in [1.165, 1.54) is 30.7 Å². The smallest absolute Gasteiger partial charge is 0.388 e. The van der Waals surface area contributed by atoms with Gasteiger partial charge in [-0.2, -0.15) is 4.98 Å². The number of phosphoric ester groups is 1. The summed E-state index contributed by atoms with van der Waals surface area (Å²) in [6, 6.07) is -0.762. The van der Waals surface area contributed by atoms with Crippen molar-refractivity contribution in [3.05, 3.63) is 41.5 Å².